The van der Waals surface area contributed by atoms with Gasteiger partial charge in [-0.3, -0.25) is 9.78 Å². The summed E-state index contributed by atoms with van der Waals surface area (Å²) in [6, 6.07) is 13.5. The molecule has 1 aromatic carbocycles. The maximum atomic E-state index is 12.9. The van der Waals surface area contributed by atoms with Crippen molar-refractivity contribution in [2.75, 3.05) is 5.32 Å². The van der Waals surface area contributed by atoms with Gasteiger partial charge in [-0.25, -0.2) is 4.98 Å². The molecule has 3 aromatic rings. The van der Waals surface area contributed by atoms with E-state index >= 15 is 0 Å². The van der Waals surface area contributed by atoms with Crippen molar-refractivity contribution >= 4 is 11.6 Å². The van der Waals surface area contributed by atoms with Gasteiger partial charge in [0.2, 0.25) is 11.8 Å². The first-order valence-corrected chi connectivity index (χ1v) is 12.6. The summed E-state index contributed by atoms with van der Waals surface area (Å²) in [5, 5.41) is 3.02. The Hall–Kier alpha value is -3.68. The summed E-state index contributed by atoms with van der Waals surface area (Å²) in [5.41, 5.74) is 3.29. The zero-order valence-corrected chi connectivity index (χ0v) is 20.3. The number of amides is 1. The molecule has 5 rings (SSSR count). The molecule has 192 valence electrons. The maximum absolute atomic E-state index is 12.9. The fourth-order valence-electron chi connectivity index (χ4n) is 4.58. The maximum Gasteiger partial charge on any atom is 0.417 e. The van der Waals surface area contributed by atoms with Gasteiger partial charge >= 0.3 is 6.18 Å². The lowest BCUT2D eigenvalue weighted by molar-refractivity contribution is -0.137. The van der Waals surface area contributed by atoms with E-state index in [1.54, 1.807) is 12.3 Å². The van der Waals surface area contributed by atoms with E-state index in [4.69, 9.17) is 4.74 Å². The lowest BCUT2D eigenvalue weighted by Gasteiger charge is -2.23. The highest BCUT2D eigenvalue weighted by Gasteiger charge is 2.31. The van der Waals surface area contributed by atoms with E-state index in [2.05, 4.69) is 21.4 Å². The SMILES string of the molecule is O=C(Nc1ccc(C2CC2)nc1)C1CCCC(=CCc2cccc(Oc3ccc(C(F)(F)F)cn3)c2)C1. The van der Waals surface area contributed by atoms with Crippen LogP contribution in [-0.4, -0.2) is 15.9 Å². The summed E-state index contributed by atoms with van der Waals surface area (Å²) >= 11 is 0. The van der Waals surface area contributed by atoms with E-state index in [-0.39, 0.29) is 17.7 Å². The highest BCUT2D eigenvalue weighted by molar-refractivity contribution is 5.92. The molecule has 2 saturated carbocycles. The minimum atomic E-state index is -4.43. The topological polar surface area (TPSA) is 64.1 Å². The van der Waals surface area contributed by atoms with Crippen molar-refractivity contribution in [2.24, 2.45) is 5.92 Å². The van der Waals surface area contributed by atoms with Crippen molar-refractivity contribution in [1.82, 2.24) is 9.97 Å². The largest absolute Gasteiger partial charge is 0.439 e. The summed E-state index contributed by atoms with van der Waals surface area (Å²) in [4.78, 5) is 21.1. The first-order chi connectivity index (χ1) is 17.8. The smallest absolute Gasteiger partial charge is 0.417 e. The lowest BCUT2D eigenvalue weighted by atomic mass is 9.84. The molecule has 0 aliphatic heterocycles. The van der Waals surface area contributed by atoms with Crippen LogP contribution < -0.4 is 10.1 Å². The summed E-state index contributed by atoms with van der Waals surface area (Å²) in [6.07, 6.45) is 6.83. The molecule has 2 aliphatic carbocycles. The van der Waals surface area contributed by atoms with Crippen LogP contribution in [0.4, 0.5) is 18.9 Å². The molecule has 1 N–H and O–H groups in total. The summed E-state index contributed by atoms with van der Waals surface area (Å²) < 4.78 is 43.8. The molecule has 0 radical (unpaired) electrons. The van der Waals surface area contributed by atoms with Gasteiger partial charge in [-0.2, -0.15) is 13.2 Å². The quantitative estimate of drug-likeness (QED) is 0.337. The van der Waals surface area contributed by atoms with Crippen LogP contribution in [0.25, 0.3) is 0 Å². The average Bonchev–Trinajstić information content (AvgIpc) is 3.74. The van der Waals surface area contributed by atoms with Gasteiger partial charge in [0.1, 0.15) is 5.75 Å². The Morgan fingerprint density at radius 2 is 1.92 bits per heavy atom. The van der Waals surface area contributed by atoms with Crippen LogP contribution in [0.3, 0.4) is 0 Å². The van der Waals surface area contributed by atoms with Crippen molar-refractivity contribution in [3.8, 4) is 11.6 Å². The Bertz CT molecular complexity index is 1270. The first-order valence-electron chi connectivity index (χ1n) is 12.6. The molecule has 37 heavy (non-hydrogen) atoms. The third-order valence-electron chi connectivity index (χ3n) is 6.79. The van der Waals surface area contributed by atoms with Gasteiger partial charge in [0.25, 0.3) is 0 Å². The van der Waals surface area contributed by atoms with Crippen LogP contribution >= 0.6 is 0 Å². The molecule has 0 spiro atoms. The molecule has 1 unspecified atom stereocenters. The number of nitrogens with one attached hydrogen (secondary N) is 1. The van der Waals surface area contributed by atoms with Crippen LogP contribution in [0, 0.1) is 5.92 Å². The minimum absolute atomic E-state index is 0.0333. The van der Waals surface area contributed by atoms with Crippen molar-refractivity contribution in [3.05, 3.63) is 89.4 Å². The number of aromatic nitrogens is 2. The van der Waals surface area contributed by atoms with Crippen LogP contribution in [-0.2, 0) is 17.4 Å². The molecular weight excluding hydrogens is 479 g/mol. The van der Waals surface area contributed by atoms with Crippen LogP contribution in [0.1, 0.15) is 61.3 Å². The van der Waals surface area contributed by atoms with E-state index in [1.165, 1.54) is 24.5 Å². The van der Waals surface area contributed by atoms with Crippen LogP contribution in [0.2, 0.25) is 0 Å². The Morgan fingerprint density at radius 3 is 2.62 bits per heavy atom. The van der Waals surface area contributed by atoms with Crippen molar-refractivity contribution in [1.29, 1.82) is 0 Å². The number of nitrogens with zero attached hydrogens (tertiary/aromatic N) is 2. The number of allylic oxidation sites excluding steroid dienone is 2. The predicted molar refractivity (Wildman–Crippen MR) is 134 cm³/mol. The zero-order chi connectivity index (χ0) is 25.8. The molecule has 5 nitrogen and oxygen atoms in total. The van der Waals surface area contributed by atoms with Crippen molar-refractivity contribution < 1.29 is 22.7 Å². The Morgan fingerprint density at radius 1 is 1.05 bits per heavy atom. The summed E-state index contributed by atoms with van der Waals surface area (Å²) in [7, 11) is 0. The number of anilines is 1. The number of carbonyl (C=O) groups excluding carboxylic acids is 1. The minimum Gasteiger partial charge on any atom is -0.439 e. The highest BCUT2D eigenvalue weighted by atomic mass is 19.4. The molecule has 2 fully saturated rings. The number of hydrogen-bond donors (Lipinski definition) is 1. The monoisotopic (exact) mass is 507 g/mol. The molecule has 1 amide bonds. The van der Waals surface area contributed by atoms with E-state index in [0.29, 0.717) is 18.1 Å². The number of rotatable bonds is 7. The fourth-order valence-corrected chi connectivity index (χ4v) is 4.58. The van der Waals surface area contributed by atoms with Crippen LogP contribution in [0.5, 0.6) is 11.6 Å². The van der Waals surface area contributed by atoms with Crippen molar-refractivity contribution in [2.45, 2.75) is 57.0 Å². The van der Waals surface area contributed by atoms with Gasteiger partial charge in [-0.1, -0.05) is 23.8 Å². The number of pyridine rings is 2. The van der Waals surface area contributed by atoms with E-state index in [1.807, 2.05) is 30.3 Å². The van der Waals surface area contributed by atoms with Crippen molar-refractivity contribution in [3.63, 3.8) is 0 Å². The number of ether oxygens (including phenoxy) is 1. The van der Waals surface area contributed by atoms with E-state index in [9.17, 15) is 18.0 Å². The first kappa shape index (κ1) is 25.0. The zero-order valence-electron chi connectivity index (χ0n) is 20.3. The average molecular weight is 508 g/mol. The van der Waals surface area contributed by atoms with Crippen LogP contribution in [0.15, 0.2) is 72.6 Å². The second-order valence-corrected chi connectivity index (χ2v) is 9.73. The molecular formula is C29H28F3N3O2. The molecule has 0 saturated heterocycles. The molecule has 2 aliphatic rings. The standard InChI is InChI=1S/C29H28F3N3O2/c30-29(31,32)23-11-14-27(34-17-23)37-25-6-2-4-20(16-25)8-7-19-3-1-5-22(15-19)28(36)35-24-12-13-26(33-18-24)21-9-10-21/h2,4,6-7,11-14,16-18,21-22H,1,3,5,8-10,15H2,(H,35,36). The number of hydrogen-bond acceptors (Lipinski definition) is 4. The molecule has 2 aromatic heterocycles. The number of halogens is 3. The van der Waals surface area contributed by atoms with E-state index < -0.39 is 11.7 Å². The number of benzene rings is 1. The molecule has 8 heteroatoms. The fraction of sp³-hybridized carbons (Fsp3) is 0.345. The molecule has 0 bridgehead atoms. The van der Waals surface area contributed by atoms with Gasteiger partial charge in [0.15, 0.2) is 0 Å². The highest BCUT2D eigenvalue weighted by Crippen LogP contribution is 2.39. The van der Waals surface area contributed by atoms with Gasteiger partial charge in [0, 0.05) is 29.8 Å². The molecule has 2 heterocycles. The van der Waals surface area contributed by atoms with Gasteiger partial charge in [-0.05, 0) is 80.8 Å². The molecule has 1 atom stereocenters. The Balaban J connectivity index is 1.16. The van der Waals surface area contributed by atoms with Gasteiger partial charge < -0.3 is 10.1 Å². The third kappa shape index (κ3) is 6.76. The number of carbonyl (C=O) groups is 1. The Labute approximate surface area is 213 Å². The summed E-state index contributed by atoms with van der Waals surface area (Å²) in [6.45, 7) is 0. The Kier molecular flexibility index (Phi) is 7.26. The lowest BCUT2D eigenvalue weighted by Crippen LogP contribution is -2.25. The van der Waals surface area contributed by atoms with Gasteiger partial charge in [-0.15, -0.1) is 0 Å². The number of alkyl halides is 3. The second kappa shape index (κ2) is 10.7. The second-order valence-electron chi connectivity index (χ2n) is 9.73. The third-order valence-corrected chi connectivity index (χ3v) is 6.79. The normalized spacial score (nSPS) is 19.0. The summed E-state index contributed by atoms with van der Waals surface area (Å²) in [5.74, 6) is 1.16. The van der Waals surface area contributed by atoms with E-state index in [0.717, 1.165) is 54.9 Å². The predicted octanol–water partition coefficient (Wildman–Crippen LogP) is 7.46. The van der Waals surface area contributed by atoms with Gasteiger partial charge in [0.05, 0.1) is 17.4 Å².